The Labute approximate surface area is 114 Å². The molecule has 0 spiro atoms. The van der Waals surface area contributed by atoms with Gasteiger partial charge in [0.15, 0.2) is 0 Å². The second kappa shape index (κ2) is 5.22. The number of rotatable bonds is 2. The number of halogens is 6. The Morgan fingerprint density at radius 1 is 1.37 bits per heavy atom. The van der Waals surface area contributed by atoms with Gasteiger partial charge in [-0.1, -0.05) is 0 Å². The summed E-state index contributed by atoms with van der Waals surface area (Å²) in [7, 11) is 0. The van der Waals surface area contributed by atoms with E-state index in [1.165, 1.54) is 0 Å². The normalized spacial score (nSPS) is 20.4. The van der Waals surface area contributed by atoms with Crippen molar-refractivity contribution in [3.05, 3.63) is 22.3 Å². The number of hydrogen-bond acceptors (Lipinski definition) is 2. The van der Waals surface area contributed by atoms with Gasteiger partial charge in [-0.2, -0.15) is 13.2 Å². The van der Waals surface area contributed by atoms with Crippen molar-refractivity contribution < 1.29 is 22.0 Å². The third-order valence-electron chi connectivity index (χ3n) is 3.03. The number of alkyl halides is 5. The fourth-order valence-electron chi connectivity index (χ4n) is 2.00. The summed E-state index contributed by atoms with van der Waals surface area (Å²) >= 11 is 3.01. The quantitative estimate of drug-likeness (QED) is 0.755. The predicted molar refractivity (Wildman–Crippen MR) is 63.3 cm³/mol. The highest BCUT2D eigenvalue weighted by atomic mass is 79.9. The van der Waals surface area contributed by atoms with Crippen molar-refractivity contribution in [3.8, 4) is 0 Å². The summed E-state index contributed by atoms with van der Waals surface area (Å²) in [6, 6.07) is 0.915. The first kappa shape index (κ1) is 14.5. The molecular weight excluding hydrogens is 335 g/mol. The average molecular weight is 345 g/mol. The summed E-state index contributed by atoms with van der Waals surface area (Å²) < 4.78 is 62.7. The zero-order valence-corrected chi connectivity index (χ0v) is 11.2. The zero-order chi connectivity index (χ0) is 14.2. The molecule has 1 aliphatic rings. The second-order valence-corrected chi connectivity index (χ2v) is 5.21. The van der Waals surface area contributed by atoms with Crippen LogP contribution in [0.1, 0.15) is 12.0 Å². The largest absolute Gasteiger partial charge is 0.417 e. The molecule has 2 nitrogen and oxygen atoms in total. The van der Waals surface area contributed by atoms with Crippen LogP contribution in [0.5, 0.6) is 0 Å². The number of anilines is 1. The van der Waals surface area contributed by atoms with Crippen molar-refractivity contribution in [2.24, 2.45) is 5.92 Å². The van der Waals surface area contributed by atoms with E-state index in [0.717, 1.165) is 12.3 Å². The molecule has 0 saturated carbocycles. The van der Waals surface area contributed by atoms with Crippen molar-refractivity contribution in [2.45, 2.75) is 19.0 Å². The van der Waals surface area contributed by atoms with E-state index < -0.39 is 24.1 Å². The Morgan fingerprint density at radius 3 is 2.53 bits per heavy atom. The van der Waals surface area contributed by atoms with E-state index in [9.17, 15) is 22.0 Å². The van der Waals surface area contributed by atoms with E-state index in [1.807, 2.05) is 0 Å². The summed E-state index contributed by atoms with van der Waals surface area (Å²) in [5.41, 5.74) is -0.868. The molecule has 8 heteroatoms. The van der Waals surface area contributed by atoms with Gasteiger partial charge in [-0.25, -0.2) is 13.8 Å². The van der Waals surface area contributed by atoms with Crippen LogP contribution >= 0.6 is 15.9 Å². The average Bonchev–Trinajstić information content (AvgIpc) is 2.76. The van der Waals surface area contributed by atoms with Crippen LogP contribution in [-0.4, -0.2) is 24.5 Å². The van der Waals surface area contributed by atoms with E-state index in [-0.39, 0.29) is 16.8 Å². The molecule has 106 valence electrons. The lowest BCUT2D eigenvalue weighted by atomic mass is 10.1. The Kier molecular flexibility index (Phi) is 3.98. The lowest BCUT2D eigenvalue weighted by Crippen LogP contribution is -2.23. The maximum atomic E-state index is 12.5. The van der Waals surface area contributed by atoms with Crippen LogP contribution < -0.4 is 4.90 Å². The molecule has 0 amide bonds. The first-order valence-corrected chi connectivity index (χ1v) is 6.34. The molecule has 2 heterocycles. The fraction of sp³-hybridized carbons (Fsp3) is 0.545. The maximum absolute atomic E-state index is 12.5. The highest BCUT2D eigenvalue weighted by Crippen LogP contribution is 2.35. The molecule has 1 fully saturated rings. The van der Waals surface area contributed by atoms with Gasteiger partial charge in [0.25, 0.3) is 0 Å². The van der Waals surface area contributed by atoms with Gasteiger partial charge in [-0.15, -0.1) is 0 Å². The number of pyridine rings is 1. The Morgan fingerprint density at radius 2 is 2.05 bits per heavy atom. The molecule has 1 aliphatic heterocycles. The first-order valence-electron chi connectivity index (χ1n) is 5.55. The van der Waals surface area contributed by atoms with E-state index in [4.69, 9.17) is 0 Å². The minimum Gasteiger partial charge on any atom is -0.355 e. The fourth-order valence-corrected chi connectivity index (χ4v) is 2.60. The molecule has 0 N–H and O–H groups in total. The molecule has 0 radical (unpaired) electrons. The Bertz CT molecular complexity index is 463. The molecule has 2 rings (SSSR count). The first-order chi connectivity index (χ1) is 8.79. The molecule has 1 aromatic rings. The Balaban J connectivity index is 2.19. The SMILES string of the molecule is FC(F)C1CCN(c2ncc(C(F)(F)F)cc2Br)C1. The van der Waals surface area contributed by atoms with Crippen LogP contribution in [0.4, 0.5) is 27.8 Å². The van der Waals surface area contributed by atoms with Gasteiger partial charge in [0.1, 0.15) is 5.82 Å². The van der Waals surface area contributed by atoms with Gasteiger partial charge < -0.3 is 4.90 Å². The van der Waals surface area contributed by atoms with Gasteiger partial charge in [-0.3, -0.25) is 0 Å². The van der Waals surface area contributed by atoms with Crippen molar-refractivity contribution in [1.29, 1.82) is 0 Å². The molecule has 1 saturated heterocycles. The molecule has 0 bridgehead atoms. The van der Waals surface area contributed by atoms with Gasteiger partial charge in [-0.05, 0) is 28.4 Å². The topological polar surface area (TPSA) is 16.1 Å². The summed E-state index contributed by atoms with van der Waals surface area (Å²) in [6.45, 7) is 0.473. The van der Waals surface area contributed by atoms with E-state index >= 15 is 0 Å². The third kappa shape index (κ3) is 3.16. The highest BCUT2D eigenvalue weighted by molar-refractivity contribution is 9.10. The van der Waals surface area contributed by atoms with Crippen LogP contribution in [0, 0.1) is 5.92 Å². The molecule has 0 aromatic carbocycles. The zero-order valence-electron chi connectivity index (χ0n) is 9.59. The number of hydrogen-bond donors (Lipinski definition) is 0. The van der Waals surface area contributed by atoms with Crippen LogP contribution in [0.25, 0.3) is 0 Å². The minimum absolute atomic E-state index is 0.106. The van der Waals surface area contributed by atoms with E-state index in [0.29, 0.717) is 13.0 Å². The summed E-state index contributed by atoms with van der Waals surface area (Å²) in [6.07, 6.45) is -5.86. The molecule has 1 aromatic heterocycles. The highest BCUT2D eigenvalue weighted by Gasteiger charge is 2.34. The van der Waals surface area contributed by atoms with Gasteiger partial charge in [0.05, 0.1) is 10.0 Å². The van der Waals surface area contributed by atoms with Gasteiger partial charge in [0.2, 0.25) is 6.43 Å². The minimum atomic E-state index is -4.47. The summed E-state index contributed by atoms with van der Waals surface area (Å²) in [4.78, 5) is 5.31. The lowest BCUT2D eigenvalue weighted by Gasteiger charge is -2.19. The molecule has 19 heavy (non-hydrogen) atoms. The van der Waals surface area contributed by atoms with E-state index in [1.54, 1.807) is 4.90 Å². The molecule has 0 aliphatic carbocycles. The number of aromatic nitrogens is 1. The molecule has 1 atom stereocenters. The van der Waals surface area contributed by atoms with Crippen LogP contribution in [0.2, 0.25) is 0 Å². The Hall–Kier alpha value is -0.920. The second-order valence-electron chi connectivity index (χ2n) is 4.36. The smallest absolute Gasteiger partial charge is 0.355 e. The molecular formula is C11H10BrF5N2. The standard InChI is InChI=1S/C11H10BrF5N2/c12-8-3-7(11(15,16)17)4-18-10(8)19-2-1-6(5-19)9(13)14/h3-4,6,9H,1-2,5H2. The third-order valence-corrected chi connectivity index (χ3v) is 3.61. The van der Waals surface area contributed by atoms with Crippen LogP contribution in [0.3, 0.4) is 0 Å². The van der Waals surface area contributed by atoms with E-state index in [2.05, 4.69) is 20.9 Å². The maximum Gasteiger partial charge on any atom is 0.417 e. The van der Waals surface area contributed by atoms with Crippen molar-refractivity contribution in [3.63, 3.8) is 0 Å². The van der Waals surface area contributed by atoms with Crippen LogP contribution in [-0.2, 0) is 6.18 Å². The predicted octanol–water partition coefficient (Wildman–Crippen LogP) is 3.95. The molecule has 1 unspecified atom stereocenters. The van der Waals surface area contributed by atoms with Crippen molar-refractivity contribution >= 4 is 21.7 Å². The number of nitrogens with zero attached hydrogens (tertiary/aromatic N) is 2. The van der Waals surface area contributed by atoms with Gasteiger partial charge >= 0.3 is 6.18 Å². The monoisotopic (exact) mass is 344 g/mol. The van der Waals surface area contributed by atoms with Crippen molar-refractivity contribution in [1.82, 2.24) is 4.98 Å². The summed E-state index contributed by atoms with van der Waals surface area (Å²) in [5.74, 6) is -0.479. The lowest BCUT2D eigenvalue weighted by molar-refractivity contribution is -0.137. The van der Waals surface area contributed by atoms with Crippen molar-refractivity contribution in [2.75, 3.05) is 18.0 Å². The summed E-state index contributed by atoms with van der Waals surface area (Å²) in [5, 5.41) is 0. The van der Waals surface area contributed by atoms with Gasteiger partial charge in [0, 0.05) is 25.2 Å². The van der Waals surface area contributed by atoms with Crippen LogP contribution in [0.15, 0.2) is 16.7 Å².